The van der Waals surface area contributed by atoms with E-state index >= 15 is 0 Å². The minimum absolute atomic E-state index is 0.0425. The lowest BCUT2D eigenvalue weighted by Crippen LogP contribution is -2.40. The number of carbonyl (C=O) groups is 1. The monoisotopic (exact) mass is 394 g/mol. The fourth-order valence-electron chi connectivity index (χ4n) is 2.99. The first-order valence-electron chi connectivity index (χ1n) is 11.7. The van der Waals surface area contributed by atoms with Gasteiger partial charge in [-0.05, 0) is 62.1 Å². The van der Waals surface area contributed by atoms with Crippen molar-refractivity contribution in [1.29, 1.82) is 0 Å². The van der Waals surface area contributed by atoms with E-state index in [2.05, 4.69) is 4.98 Å². The second-order valence-electron chi connectivity index (χ2n) is 6.20. The normalized spacial score (nSPS) is 23.8. The van der Waals surface area contributed by atoms with E-state index in [-0.39, 0.29) is 13.1 Å². The summed E-state index contributed by atoms with van der Waals surface area (Å²) in [6, 6.07) is 12.5. The maximum Gasteiger partial charge on any atom is 0.303 e. The number of hydrogen-bond donors (Lipinski definition) is 1. The molecule has 2 aromatic rings. The van der Waals surface area contributed by atoms with Gasteiger partial charge in [0.1, 0.15) is 6.10 Å². The topological polar surface area (TPSA) is 62.7 Å². The molecule has 0 bridgehead atoms. The van der Waals surface area contributed by atoms with E-state index < -0.39 is 37.4 Å². The number of nitrogens with zero attached hydrogens (tertiary/aromatic N) is 2. The molecule has 1 aliphatic rings. The molecular formula is C21H25ClN2O3. The number of piperidine rings is 1. The molecular weight excluding hydrogens is 364 g/mol. The lowest BCUT2D eigenvalue weighted by molar-refractivity contribution is -0.137. The highest BCUT2D eigenvalue weighted by Gasteiger charge is 2.26. The van der Waals surface area contributed by atoms with Gasteiger partial charge in [-0.2, -0.15) is 0 Å². The molecule has 1 unspecified atom stereocenters. The number of likely N-dealkylation sites (tertiary alicyclic amines) is 1. The van der Waals surface area contributed by atoms with Crippen molar-refractivity contribution >= 4 is 17.6 Å². The number of aliphatic carboxylic acids is 1. The van der Waals surface area contributed by atoms with Gasteiger partial charge in [-0.25, -0.2) is 0 Å². The molecule has 6 heteroatoms. The quantitative estimate of drug-likeness (QED) is 0.728. The predicted molar refractivity (Wildman–Crippen MR) is 105 cm³/mol. The van der Waals surface area contributed by atoms with Crippen molar-refractivity contribution in [3.63, 3.8) is 0 Å². The van der Waals surface area contributed by atoms with Crippen LogP contribution >= 0.6 is 11.6 Å². The summed E-state index contributed by atoms with van der Waals surface area (Å²) in [7, 11) is 0. The van der Waals surface area contributed by atoms with E-state index in [0.29, 0.717) is 23.6 Å². The molecule has 0 spiro atoms. The van der Waals surface area contributed by atoms with Gasteiger partial charge in [0.05, 0.1) is 11.8 Å². The lowest BCUT2D eigenvalue weighted by atomic mass is 10.0. The van der Waals surface area contributed by atoms with E-state index in [1.165, 1.54) is 0 Å². The lowest BCUT2D eigenvalue weighted by Gasteiger charge is -2.34. The summed E-state index contributed by atoms with van der Waals surface area (Å²) in [5.74, 6) is -2.06. The highest BCUT2D eigenvalue weighted by atomic mass is 35.5. The number of benzene rings is 1. The zero-order valence-electron chi connectivity index (χ0n) is 20.6. The highest BCUT2D eigenvalue weighted by molar-refractivity contribution is 6.30. The fraction of sp³-hybridized carbons (Fsp3) is 0.429. The van der Waals surface area contributed by atoms with Crippen LogP contribution in [0.25, 0.3) is 0 Å². The average Bonchev–Trinajstić information content (AvgIpc) is 2.78. The first-order chi connectivity index (χ1) is 15.4. The molecule has 2 atom stereocenters. The third-order valence-corrected chi connectivity index (χ3v) is 4.47. The minimum atomic E-state index is -3.43. The van der Waals surface area contributed by atoms with Crippen LogP contribution < -0.4 is 0 Å². The van der Waals surface area contributed by atoms with Crippen LogP contribution in [0.2, 0.25) is 5.02 Å². The van der Waals surface area contributed by atoms with Crippen molar-refractivity contribution in [2.45, 2.75) is 37.8 Å². The first kappa shape index (κ1) is 13.3. The van der Waals surface area contributed by atoms with Gasteiger partial charge in [0.2, 0.25) is 0 Å². The third-order valence-electron chi connectivity index (χ3n) is 4.22. The highest BCUT2D eigenvalue weighted by Crippen LogP contribution is 2.29. The number of pyridine rings is 1. The minimum Gasteiger partial charge on any atom is -0.481 e. The van der Waals surface area contributed by atoms with E-state index in [9.17, 15) is 4.79 Å². The Hall–Kier alpha value is -1.95. The summed E-state index contributed by atoms with van der Waals surface area (Å²) in [5.41, 5.74) is 1.42. The average molecular weight is 395 g/mol. The van der Waals surface area contributed by atoms with Crippen LogP contribution in [0, 0.1) is 0 Å². The largest absolute Gasteiger partial charge is 0.481 e. The van der Waals surface area contributed by atoms with Gasteiger partial charge in [-0.1, -0.05) is 29.8 Å². The van der Waals surface area contributed by atoms with Gasteiger partial charge in [0.25, 0.3) is 0 Å². The summed E-state index contributed by atoms with van der Waals surface area (Å²) in [5, 5.41) is 9.70. The molecule has 2 heterocycles. The van der Waals surface area contributed by atoms with Crippen LogP contribution in [0.15, 0.2) is 48.7 Å². The second-order valence-corrected chi connectivity index (χ2v) is 6.64. The van der Waals surface area contributed by atoms with Gasteiger partial charge >= 0.3 is 5.97 Å². The summed E-state index contributed by atoms with van der Waals surface area (Å²) < 4.78 is 54.3. The molecule has 1 fully saturated rings. The predicted octanol–water partition coefficient (Wildman–Crippen LogP) is 4.17. The van der Waals surface area contributed by atoms with Gasteiger partial charge < -0.3 is 14.7 Å². The van der Waals surface area contributed by atoms with Crippen molar-refractivity contribution in [1.82, 2.24) is 9.88 Å². The van der Waals surface area contributed by atoms with E-state index in [0.717, 1.165) is 10.5 Å². The molecule has 0 amide bonds. The van der Waals surface area contributed by atoms with Crippen LogP contribution in [-0.2, 0) is 9.53 Å². The number of carboxylic acid groups (broad SMARTS) is 1. The maximum absolute atomic E-state index is 11.3. The molecule has 0 saturated carbocycles. The number of rotatable bonds is 8. The molecule has 1 aromatic carbocycles. The Labute approximate surface area is 173 Å². The number of hydrogen-bond acceptors (Lipinski definition) is 4. The Morgan fingerprint density at radius 3 is 2.89 bits per heavy atom. The van der Waals surface area contributed by atoms with E-state index in [1.54, 1.807) is 30.5 Å². The summed E-state index contributed by atoms with van der Waals surface area (Å²) in [6.07, 6.45) is -5.18. The van der Waals surface area contributed by atoms with Crippen molar-refractivity contribution < 1.29 is 22.9 Å². The SMILES string of the molecule is [2H]C([2H])(C(=O)O)C([2H])([2H])C([2H])([2H])N1CCCC(O[C@@H](c2ccc(Cl)cc2)c2ccccn2)C1. The van der Waals surface area contributed by atoms with Gasteiger partial charge in [-0.15, -0.1) is 0 Å². The second kappa shape index (κ2) is 9.83. The number of carboxylic acids is 1. The molecule has 144 valence electrons. The Kier molecular flexibility index (Phi) is 4.83. The van der Waals surface area contributed by atoms with Crippen molar-refractivity contribution in [3.05, 3.63) is 64.9 Å². The number of halogens is 1. The Balaban J connectivity index is 1.85. The first-order valence-corrected chi connectivity index (χ1v) is 9.06. The van der Waals surface area contributed by atoms with Crippen LogP contribution in [0.3, 0.4) is 0 Å². The molecule has 1 aromatic heterocycles. The van der Waals surface area contributed by atoms with E-state index in [1.807, 2.05) is 18.2 Å². The Morgan fingerprint density at radius 2 is 2.19 bits per heavy atom. The molecule has 5 nitrogen and oxygen atoms in total. The standard InChI is InChI=1S/C21H25ClN2O3/c22-17-10-8-16(9-11-17)21(19-6-1-2-12-23-19)27-18-5-3-13-24(15-18)14-4-7-20(25)26/h1-2,6,8-12,18,21H,3-5,7,13-15H2,(H,25,26)/t18?,21-/m0/s1/i4D2,7D2,14D2. The fourth-order valence-corrected chi connectivity index (χ4v) is 3.12. The zero-order chi connectivity index (χ0) is 24.4. The summed E-state index contributed by atoms with van der Waals surface area (Å²) in [4.78, 5) is 16.8. The molecule has 3 rings (SSSR count). The van der Waals surface area contributed by atoms with E-state index in [4.69, 9.17) is 29.7 Å². The molecule has 27 heavy (non-hydrogen) atoms. The van der Waals surface area contributed by atoms with Crippen LogP contribution in [-0.4, -0.2) is 46.7 Å². The van der Waals surface area contributed by atoms with Gasteiger partial charge in [0, 0.05) is 32.4 Å². The molecule has 0 radical (unpaired) electrons. The van der Waals surface area contributed by atoms with Crippen molar-refractivity contribution in [2.75, 3.05) is 19.6 Å². The number of ether oxygens (including phenoxy) is 1. The molecule has 1 aliphatic heterocycles. The van der Waals surface area contributed by atoms with Gasteiger partial charge in [-0.3, -0.25) is 9.78 Å². The number of aromatic nitrogens is 1. The van der Waals surface area contributed by atoms with Crippen molar-refractivity contribution in [2.24, 2.45) is 0 Å². The Morgan fingerprint density at radius 1 is 1.37 bits per heavy atom. The Bertz CT molecular complexity index is 962. The van der Waals surface area contributed by atoms with Crippen LogP contribution in [0.4, 0.5) is 0 Å². The molecule has 0 aliphatic carbocycles. The summed E-state index contributed by atoms with van der Waals surface area (Å²) in [6.45, 7) is -2.80. The summed E-state index contributed by atoms with van der Waals surface area (Å²) >= 11 is 6.01. The maximum atomic E-state index is 11.3. The third kappa shape index (κ3) is 6.03. The molecule has 1 saturated heterocycles. The van der Waals surface area contributed by atoms with Crippen LogP contribution in [0.1, 0.15) is 51.2 Å². The van der Waals surface area contributed by atoms with Gasteiger partial charge in [0.15, 0.2) is 0 Å². The smallest absolute Gasteiger partial charge is 0.303 e. The van der Waals surface area contributed by atoms with Crippen LogP contribution in [0.5, 0.6) is 0 Å². The van der Waals surface area contributed by atoms with Crippen molar-refractivity contribution in [3.8, 4) is 0 Å². The molecule has 1 N–H and O–H groups in total. The zero-order valence-corrected chi connectivity index (χ0v) is 15.4.